The third-order valence-electron chi connectivity index (χ3n) is 3.45. The second-order valence-electron chi connectivity index (χ2n) is 6.33. The highest BCUT2D eigenvalue weighted by atomic mass is 16.5. The van der Waals surface area contributed by atoms with Crippen LogP contribution in [0.1, 0.15) is 36.2 Å². The second kappa shape index (κ2) is 10.3. The Morgan fingerprint density at radius 2 is 1.85 bits per heavy atom. The maximum atomic E-state index is 12.3. The second-order valence-corrected chi connectivity index (χ2v) is 6.33. The lowest BCUT2D eigenvalue weighted by Crippen LogP contribution is -2.61. The summed E-state index contributed by atoms with van der Waals surface area (Å²) in [6.45, 7) is 2.93. The first-order valence-corrected chi connectivity index (χ1v) is 8.13. The minimum Gasteiger partial charge on any atom is -0.396 e. The van der Waals surface area contributed by atoms with Gasteiger partial charge in [-0.25, -0.2) is 5.48 Å². The van der Waals surface area contributed by atoms with Gasteiger partial charge in [-0.15, -0.1) is 0 Å². The molecule has 0 bridgehead atoms. The van der Waals surface area contributed by atoms with Gasteiger partial charge in [0.15, 0.2) is 0 Å². The van der Waals surface area contributed by atoms with Crippen molar-refractivity contribution in [1.29, 1.82) is 0 Å². The average Bonchev–Trinajstić information content (AvgIpc) is 2.62. The summed E-state index contributed by atoms with van der Waals surface area (Å²) in [4.78, 5) is 24.0. The highest BCUT2D eigenvalue weighted by molar-refractivity contribution is 5.97. The van der Waals surface area contributed by atoms with Gasteiger partial charge >= 0.3 is 0 Å². The number of benzene rings is 1. The fourth-order valence-electron chi connectivity index (χ4n) is 1.99. The molecule has 1 aromatic rings. The van der Waals surface area contributed by atoms with Gasteiger partial charge in [0.2, 0.25) is 0 Å². The number of carbonyl (C=O) groups excluding carboxylic acids is 2. The molecule has 1 aromatic carbocycles. The van der Waals surface area contributed by atoms with Crippen LogP contribution in [0.25, 0.3) is 0 Å². The predicted octanol–water partition coefficient (Wildman–Crippen LogP) is -0.874. The summed E-state index contributed by atoms with van der Waals surface area (Å²) in [6.07, 6.45) is -0.765. The van der Waals surface area contributed by atoms with Crippen LogP contribution in [-0.2, 0) is 4.79 Å². The van der Waals surface area contributed by atoms with E-state index < -0.39 is 29.5 Å². The number of amides is 2. The molecule has 0 aliphatic heterocycles. The van der Waals surface area contributed by atoms with Crippen LogP contribution < -0.4 is 16.5 Å². The molecule has 0 saturated heterocycles. The summed E-state index contributed by atoms with van der Waals surface area (Å²) >= 11 is 0. The Balaban J connectivity index is 2.81. The van der Waals surface area contributed by atoms with Crippen LogP contribution in [0.5, 0.6) is 0 Å². The molecule has 0 saturated carbocycles. The normalized spacial score (nSPS) is 12.5. The lowest BCUT2D eigenvalue weighted by molar-refractivity contribution is -0.132. The fourth-order valence-corrected chi connectivity index (χ4v) is 1.99. The lowest BCUT2D eigenvalue weighted by atomic mass is 9.95. The van der Waals surface area contributed by atoms with E-state index in [0.717, 1.165) is 0 Å². The van der Waals surface area contributed by atoms with Gasteiger partial charge in [-0.3, -0.25) is 14.8 Å². The fraction of sp³-hybridized carbons (Fsp3) is 0.368. The Kier molecular flexibility index (Phi) is 8.46. The van der Waals surface area contributed by atoms with Gasteiger partial charge in [0.05, 0.1) is 0 Å². The van der Waals surface area contributed by atoms with Crippen molar-refractivity contribution in [2.45, 2.75) is 38.0 Å². The maximum absolute atomic E-state index is 12.3. The van der Waals surface area contributed by atoms with Gasteiger partial charge in [0.1, 0.15) is 12.1 Å². The zero-order valence-corrected chi connectivity index (χ0v) is 15.1. The van der Waals surface area contributed by atoms with Crippen molar-refractivity contribution in [3.63, 3.8) is 0 Å². The van der Waals surface area contributed by atoms with Gasteiger partial charge < -0.3 is 21.3 Å². The number of aliphatic hydroxyl groups excluding tert-OH is 2. The van der Waals surface area contributed by atoms with Crippen LogP contribution in [0.2, 0.25) is 0 Å². The molecule has 8 nitrogen and oxygen atoms in total. The van der Waals surface area contributed by atoms with E-state index in [1.54, 1.807) is 26.0 Å². The number of hydrogen-bond acceptors (Lipinski definition) is 6. The molecule has 0 fully saturated rings. The van der Waals surface area contributed by atoms with E-state index in [-0.39, 0.29) is 18.6 Å². The Hall–Kier alpha value is -2.88. The Bertz CT molecular complexity index is 776. The molecule has 0 spiro atoms. The van der Waals surface area contributed by atoms with E-state index in [0.29, 0.717) is 5.56 Å². The topological polar surface area (TPSA) is 145 Å². The molecule has 2 unspecified atom stereocenters. The molecular weight excluding hydrogens is 350 g/mol. The van der Waals surface area contributed by atoms with Gasteiger partial charge in [0.25, 0.3) is 11.8 Å². The monoisotopic (exact) mass is 373 g/mol. The van der Waals surface area contributed by atoms with Crippen LogP contribution in [0.15, 0.2) is 24.3 Å². The Morgan fingerprint density at radius 3 is 2.37 bits per heavy atom. The summed E-state index contributed by atoms with van der Waals surface area (Å²) in [6, 6.07) is 5.11. The van der Waals surface area contributed by atoms with Crippen molar-refractivity contribution >= 4 is 11.8 Å². The first-order valence-electron chi connectivity index (χ1n) is 8.13. The highest BCUT2D eigenvalue weighted by Crippen LogP contribution is 2.09. The minimum absolute atomic E-state index is 0.158. The molecule has 1 rings (SSSR count). The molecular formula is C19H23N3O5. The van der Waals surface area contributed by atoms with Crippen molar-refractivity contribution in [3.05, 3.63) is 35.4 Å². The van der Waals surface area contributed by atoms with Crippen LogP contribution in [0.4, 0.5) is 0 Å². The predicted molar refractivity (Wildman–Crippen MR) is 98.3 cm³/mol. The van der Waals surface area contributed by atoms with Gasteiger partial charge in [0, 0.05) is 29.7 Å². The Labute approximate surface area is 157 Å². The van der Waals surface area contributed by atoms with E-state index >= 15 is 0 Å². The minimum atomic E-state index is -1.13. The number of nitrogens with two attached hydrogens (primary N) is 1. The van der Waals surface area contributed by atoms with E-state index in [9.17, 15) is 14.7 Å². The average molecular weight is 373 g/mol. The van der Waals surface area contributed by atoms with Crippen LogP contribution >= 0.6 is 0 Å². The molecule has 144 valence electrons. The molecule has 8 heteroatoms. The first-order chi connectivity index (χ1) is 12.7. The summed E-state index contributed by atoms with van der Waals surface area (Å²) in [7, 11) is 0. The van der Waals surface area contributed by atoms with Crippen molar-refractivity contribution in [2.24, 2.45) is 5.73 Å². The number of hydrogen-bond donors (Lipinski definition) is 6. The number of aliphatic hydroxyl groups is 2. The molecule has 0 aromatic heterocycles. The van der Waals surface area contributed by atoms with Crippen LogP contribution in [-0.4, -0.2) is 51.5 Å². The van der Waals surface area contributed by atoms with Gasteiger partial charge in [-0.2, -0.15) is 0 Å². The first kappa shape index (κ1) is 22.2. The highest BCUT2D eigenvalue weighted by Gasteiger charge is 2.33. The SMILES string of the molecule is CC(C)(N)C(NC(=O)c1ccc(C#CC#CC(O)CCO)cc1)C(=O)NO. The molecule has 0 radical (unpaired) electrons. The molecule has 0 heterocycles. The zero-order chi connectivity index (χ0) is 20.4. The molecule has 7 N–H and O–H groups in total. The number of rotatable bonds is 6. The molecule has 0 aliphatic rings. The van der Waals surface area contributed by atoms with Gasteiger partial charge in [-0.1, -0.05) is 11.8 Å². The maximum Gasteiger partial charge on any atom is 0.267 e. The summed E-state index contributed by atoms with van der Waals surface area (Å²) < 4.78 is 0. The van der Waals surface area contributed by atoms with E-state index in [2.05, 4.69) is 29.0 Å². The van der Waals surface area contributed by atoms with Crippen LogP contribution in [0.3, 0.4) is 0 Å². The van der Waals surface area contributed by atoms with Crippen molar-refractivity contribution in [3.8, 4) is 23.7 Å². The van der Waals surface area contributed by atoms with Crippen molar-refractivity contribution in [1.82, 2.24) is 10.8 Å². The smallest absolute Gasteiger partial charge is 0.267 e. The van der Waals surface area contributed by atoms with Crippen LogP contribution in [0, 0.1) is 23.7 Å². The third-order valence-corrected chi connectivity index (χ3v) is 3.45. The molecule has 27 heavy (non-hydrogen) atoms. The molecule has 0 aliphatic carbocycles. The van der Waals surface area contributed by atoms with Crippen molar-refractivity contribution in [2.75, 3.05) is 6.61 Å². The largest absolute Gasteiger partial charge is 0.396 e. The summed E-state index contributed by atoms with van der Waals surface area (Å²) in [5.41, 5.74) is 7.14. The summed E-state index contributed by atoms with van der Waals surface area (Å²) in [5, 5.41) is 29.3. The number of hydroxylamine groups is 1. The lowest BCUT2D eigenvalue weighted by Gasteiger charge is -2.29. The Morgan fingerprint density at radius 1 is 1.22 bits per heavy atom. The van der Waals surface area contributed by atoms with Gasteiger partial charge in [-0.05, 0) is 50.0 Å². The quantitative estimate of drug-likeness (QED) is 0.217. The number of nitrogens with one attached hydrogen (secondary N) is 2. The zero-order valence-electron chi connectivity index (χ0n) is 15.1. The third kappa shape index (κ3) is 7.48. The number of carbonyl (C=O) groups is 2. The van der Waals surface area contributed by atoms with E-state index in [1.165, 1.54) is 17.6 Å². The van der Waals surface area contributed by atoms with E-state index in [1.807, 2.05) is 0 Å². The molecule has 2 amide bonds. The summed E-state index contributed by atoms with van der Waals surface area (Å²) in [5.74, 6) is 8.92. The molecule has 2 atom stereocenters. The van der Waals surface area contributed by atoms with E-state index in [4.69, 9.17) is 16.0 Å². The van der Waals surface area contributed by atoms with Crippen molar-refractivity contribution < 1.29 is 25.0 Å². The standard InChI is InChI=1S/C19H23N3O5/c1-19(2,20)16(18(26)22-27)21-17(25)14-9-7-13(8-10-14)5-3-4-6-15(24)11-12-23/h7-10,15-16,23-24,27H,11-12,20H2,1-2H3,(H,21,25)(H,22,26).